The second kappa shape index (κ2) is 5.59. The third-order valence-electron chi connectivity index (χ3n) is 2.79. The average molecular weight is 352 g/mol. The molecule has 1 aromatic heterocycles. The molecule has 1 atom stereocenters. The van der Waals surface area contributed by atoms with Crippen molar-refractivity contribution in [2.24, 2.45) is 0 Å². The zero-order valence-corrected chi connectivity index (χ0v) is 13.3. The molecule has 0 aliphatic carbocycles. The Bertz CT molecular complexity index is 933. The van der Waals surface area contributed by atoms with E-state index >= 15 is 0 Å². The van der Waals surface area contributed by atoms with Crippen LogP contribution in [0.2, 0.25) is 0 Å². The van der Waals surface area contributed by atoms with E-state index in [1.807, 2.05) is 18.2 Å². The molecule has 2 aromatic carbocycles. The number of rotatable bonds is 4. The minimum atomic E-state index is -3.50. The maximum absolute atomic E-state index is 12.6. The molecule has 1 heterocycles. The molecule has 0 aliphatic heterocycles. The van der Waals surface area contributed by atoms with Gasteiger partial charge in [-0.2, -0.15) is 0 Å². The molecule has 0 saturated heterocycles. The first-order chi connectivity index (χ1) is 10.5. The zero-order chi connectivity index (χ0) is 15.7. The van der Waals surface area contributed by atoms with E-state index in [2.05, 4.69) is 4.98 Å². The number of para-hydroxylation sites is 2. The van der Waals surface area contributed by atoms with Crippen molar-refractivity contribution < 1.29 is 13.3 Å². The van der Waals surface area contributed by atoms with Gasteiger partial charge in [-0.15, -0.1) is 0 Å². The van der Waals surface area contributed by atoms with Crippen LogP contribution in [0.5, 0.6) is 5.19 Å². The lowest BCUT2D eigenvalue weighted by Crippen LogP contribution is -2.10. The van der Waals surface area contributed by atoms with Gasteiger partial charge in [0.2, 0.25) is 8.77 Å². The first-order valence-electron chi connectivity index (χ1n) is 6.01. The lowest BCUT2D eigenvalue weighted by atomic mass is 10.3. The van der Waals surface area contributed by atoms with Crippen LogP contribution in [0.15, 0.2) is 53.4 Å². The highest BCUT2D eigenvalue weighted by molar-refractivity contribution is 8.30. The number of fused-ring (bicyclic) bond motifs is 1. The number of hydrogen-bond acceptors (Lipinski definition) is 7. The minimum absolute atomic E-state index is 0.124. The molecule has 3 rings (SSSR count). The summed E-state index contributed by atoms with van der Waals surface area (Å²) < 4.78 is 18.8. The monoisotopic (exact) mass is 352 g/mol. The largest absolute Gasteiger partial charge is 0.366 e. The first-order valence-corrected chi connectivity index (χ1v) is 9.23. The standard InChI is InChI=1S/C13H8N2O4S3/c16-15(17)10-6-2-4-8-12(10)22(18,20)19-13-14-9-5-1-3-7-11(9)21-13/h1-8H. The van der Waals surface area contributed by atoms with E-state index in [-0.39, 0.29) is 15.8 Å². The summed E-state index contributed by atoms with van der Waals surface area (Å²) in [5.74, 6) is 0. The Morgan fingerprint density at radius 3 is 2.59 bits per heavy atom. The van der Waals surface area contributed by atoms with Crippen LogP contribution in [0.4, 0.5) is 5.69 Å². The predicted molar refractivity (Wildman–Crippen MR) is 87.1 cm³/mol. The minimum Gasteiger partial charge on any atom is -0.366 e. The van der Waals surface area contributed by atoms with Crippen molar-refractivity contribution in [3.63, 3.8) is 0 Å². The number of nitro groups is 1. The van der Waals surface area contributed by atoms with Gasteiger partial charge in [-0.1, -0.05) is 35.6 Å². The summed E-state index contributed by atoms with van der Waals surface area (Å²) in [6.45, 7) is 0. The van der Waals surface area contributed by atoms with Gasteiger partial charge >= 0.3 is 0 Å². The van der Waals surface area contributed by atoms with Crippen molar-refractivity contribution >= 4 is 47.2 Å². The molecule has 112 valence electrons. The van der Waals surface area contributed by atoms with Crippen molar-refractivity contribution in [1.82, 2.24) is 4.98 Å². The summed E-state index contributed by atoms with van der Waals surface area (Å²) in [5, 5.41) is 11.2. The van der Waals surface area contributed by atoms with Gasteiger partial charge in [0.05, 0.1) is 15.1 Å². The summed E-state index contributed by atoms with van der Waals surface area (Å²) in [6, 6.07) is 12.9. The fraction of sp³-hybridized carbons (Fsp3) is 0. The highest BCUT2D eigenvalue weighted by atomic mass is 32.8. The number of aromatic nitrogens is 1. The molecule has 3 aromatic rings. The van der Waals surface area contributed by atoms with Crippen LogP contribution in [0.1, 0.15) is 0 Å². The first kappa shape index (κ1) is 14.8. The van der Waals surface area contributed by atoms with Crippen LogP contribution in [0.3, 0.4) is 0 Å². The number of hydrogen-bond donors (Lipinski definition) is 0. The lowest BCUT2D eigenvalue weighted by Gasteiger charge is -2.07. The van der Waals surface area contributed by atoms with Gasteiger partial charge in [-0.05, 0) is 18.2 Å². The van der Waals surface area contributed by atoms with Gasteiger partial charge in [0.15, 0.2) is 4.90 Å². The molecule has 6 nitrogen and oxygen atoms in total. The van der Waals surface area contributed by atoms with E-state index in [9.17, 15) is 14.3 Å². The van der Waals surface area contributed by atoms with Crippen LogP contribution in [0.25, 0.3) is 10.2 Å². The van der Waals surface area contributed by atoms with Crippen LogP contribution < -0.4 is 4.18 Å². The Kier molecular flexibility index (Phi) is 3.77. The fourth-order valence-corrected chi connectivity index (χ4v) is 4.67. The summed E-state index contributed by atoms with van der Waals surface area (Å²) in [5.41, 5.74) is 0.360. The van der Waals surface area contributed by atoms with E-state index in [1.165, 1.54) is 35.6 Å². The third-order valence-corrected chi connectivity index (χ3v) is 5.81. The third kappa shape index (κ3) is 2.78. The Morgan fingerprint density at radius 2 is 1.86 bits per heavy atom. The molecule has 0 fully saturated rings. The zero-order valence-electron chi connectivity index (χ0n) is 10.9. The van der Waals surface area contributed by atoms with Crippen LogP contribution in [-0.2, 0) is 20.0 Å². The van der Waals surface area contributed by atoms with E-state index < -0.39 is 13.7 Å². The van der Waals surface area contributed by atoms with Gasteiger partial charge in [0.25, 0.3) is 10.9 Å². The quantitative estimate of drug-likeness (QED) is 0.529. The molecule has 1 unspecified atom stereocenters. The van der Waals surface area contributed by atoms with E-state index in [0.717, 1.165) is 4.70 Å². The van der Waals surface area contributed by atoms with Crippen molar-refractivity contribution in [3.05, 3.63) is 58.6 Å². The molecule has 9 heteroatoms. The van der Waals surface area contributed by atoms with Crippen molar-refractivity contribution in [2.45, 2.75) is 4.90 Å². The van der Waals surface area contributed by atoms with Gasteiger partial charge in [0, 0.05) is 17.3 Å². The number of nitrogens with zero attached hydrogens (tertiary/aromatic N) is 2. The smallest absolute Gasteiger partial charge is 0.290 e. The SMILES string of the molecule is O=[N+]([O-])c1ccccc1S(=O)(=S)Oc1nc2ccccc2s1. The van der Waals surface area contributed by atoms with Crippen molar-refractivity contribution in [1.29, 1.82) is 0 Å². The van der Waals surface area contributed by atoms with Crippen molar-refractivity contribution in [2.75, 3.05) is 0 Å². The Morgan fingerprint density at radius 1 is 1.18 bits per heavy atom. The normalized spacial score (nSPS) is 13.6. The number of benzene rings is 2. The number of thiazole rings is 1. The molecular formula is C13H8N2O4S3. The maximum Gasteiger partial charge on any atom is 0.290 e. The molecular weight excluding hydrogens is 344 g/mol. The summed E-state index contributed by atoms with van der Waals surface area (Å²) in [7, 11) is -3.50. The van der Waals surface area contributed by atoms with Crippen molar-refractivity contribution in [3.8, 4) is 5.19 Å². The van der Waals surface area contributed by atoms with E-state index in [4.69, 9.17) is 15.4 Å². The molecule has 0 radical (unpaired) electrons. The van der Waals surface area contributed by atoms with Gasteiger partial charge < -0.3 is 4.18 Å². The average Bonchev–Trinajstić information content (AvgIpc) is 2.88. The van der Waals surface area contributed by atoms with E-state index in [1.54, 1.807) is 6.07 Å². The van der Waals surface area contributed by atoms with Crippen LogP contribution in [-0.4, -0.2) is 14.1 Å². The Balaban J connectivity index is 2.02. The topological polar surface area (TPSA) is 82.3 Å². The highest BCUT2D eigenvalue weighted by Crippen LogP contribution is 2.31. The Hall–Kier alpha value is -2.10. The summed E-state index contributed by atoms with van der Waals surface area (Å²) in [6.07, 6.45) is 0. The van der Waals surface area contributed by atoms with Crippen LogP contribution >= 0.6 is 11.3 Å². The maximum atomic E-state index is 12.6. The van der Waals surface area contributed by atoms with Gasteiger partial charge in [-0.3, -0.25) is 10.1 Å². The van der Waals surface area contributed by atoms with E-state index in [0.29, 0.717) is 5.52 Å². The Labute approximate surface area is 134 Å². The van der Waals surface area contributed by atoms with Crippen LogP contribution in [0, 0.1) is 10.1 Å². The second-order valence-corrected chi connectivity index (χ2v) is 8.03. The predicted octanol–water partition coefficient (Wildman–Crippen LogP) is 3.30. The van der Waals surface area contributed by atoms with Gasteiger partial charge in [0.1, 0.15) is 0 Å². The molecule has 22 heavy (non-hydrogen) atoms. The molecule has 0 amide bonds. The lowest BCUT2D eigenvalue weighted by molar-refractivity contribution is -0.387. The highest BCUT2D eigenvalue weighted by Gasteiger charge is 2.25. The molecule has 0 bridgehead atoms. The molecule has 0 spiro atoms. The second-order valence-electron chi connectivity index (χ2n) is 4.21. The molecule has 0 aliphatic rings. The fourth-order valence-electron chi connectivity index (χ4n) is 1.84. The van der Waals surface area contributed by atoms with Gasteiger partial charge in [-0.25, -0.2) is 9.19 Å². The summed E-state index contributed by atoms with van der Waals surface area (Å²) in [4.78, 5) is 14.4. The molecule has 0 saturated carbocycles. The summed E-state index contributed by atoms with van der Waals surface area (Å²) >= 11 is 6.16. The number of nitro benzene ring substituents is 1. The molecule has 0 N–H and O–H groups in total.